The minimum absolute atomic E-state index is 0.0639. The summed E-state index contributed by atoms with van der Waals surface area (Å²) in [6.07, 6.45) is 1.89. The van der Waals surface area contributed by atoms with Crippen molar-refractivity contribution in [2.75, 3.05) is 0 Å². The maximum atomic E-state index is 9.66. The molecular weight excluding hydrogens is 230 g/mol. The number of hydrogen-bond acceptors (Lipinski definition) is 4. The molecular formula is C13H17N3O2. The smallest absolute Gasteiger partial charge is 0.123 e. The lowest BCUT2D eigenvalue weighted by atomic mass is 10.1. The summed E-state index contributed by atoms with van der Waals surface area (Å²) in [5.41, 5.74) is 1.70. The van der Waals surface area contributed by atoms with Gasteiger partial charge in [0, 0.05) is 37.5 Å². The highest BCUT2D eigenvalue weighted by molar-refractivity contribution is 5.38. The number of aromatic nitrogens is 2. The number of aromatic hydroxyl groups is 2. The van der Waals surface area contributed by atoms with Gasteiger partial charge in [0.25, 0.3) is 0 Å². The van der Waals surface area contributed by atoms with Crippen LogP contribution in [-0.4, -0.2) is 20.0 Å². The van der Waals surface area contributed by atoms with Gasteiger partial charge in [-0.25, -0.2) is 0 Å². The Labute approximate surface area is 106 Å². The molecule has 0 aliphatic carbocycles. The second kappa shape index (κ2) is 5.10. The highest BCUT2D eigenvalue weighted by Crippen LogP contribution is 2.23. The van der Waals surface area contributed by atoms with Gasteiger partial charge in [-0.2, -0.15) is 5.10 Å². The molecule has 1 aromatic heterocycles. The van der Waals surface area contributed by atoms with Gasteiger partial charge in [0.2, 0.25) is 0 Å². The van der Waals surface area contributed by atoms with Crippen LogP contribution in [0.5, 0.6) is 11.5 Å². The van der Waals surface area contributed by atoms with E-state index in [9.17, 15) is 10.2 Å². The lowest BCUT2D eigenvalue weighted by Gasteiger charge is -2.12. The van der Waals surface area contributed by atoms with E-state index in [1.54, 1.807) is 16.8 Å². The molecule has 5 nitrogen and oxygen atoms in total. The molecule has 0 aliphatic rings. The van der Waals surface area contributed by atoms with Crippen LogP contribution in [0, 0.1) is 0 Å². The largest absolute Gasteiger partial charge is 0.508 e. The quantitative estimate of drug-likeness (QED) is 0.768. The van der Waals surface area contributed by atoms with Crippen LogP contribution in [0.3, 0.4) is 0 Å². The van der Waals surface area contributed by atoms with Crippen molar-refractivity contribution in [3.63, 3.8) is 0 Å². The van der Waals surface area contributed by atoms with Gasteiger partial charge in [0.05, 0.1) is 5.69 Å². The molecule has 18 heavy (non-hydrogen) atoms. The third kappa shape index (κ3) is 2.81. The third-order valence-electron chi connectivity index (χ3n) is 2.85. The molecule has 0 fully saturated rings. The fourth-order valence-electron chi connectivity index (χ4n) is 1.73. The predicted molar refractivity (Wildman–Crippen MR) is 68.2 cm³/mol. The first kappa shape index (κ1) is 12.4. The van der Waals surface area contributed by atoms with Gasteiger partial charge in [-0.1, -0.05) is 6.07 Å². The van der Waals surface area contributed by atoms with Gasteiger partial charge in [-0.3, -0.25) is 4.68 Å². The van der Waals surface area contributed by atoms with Crippen molar-refractivity contribution >= 4 is 0 Å². The van der Waals surface area contributed by atoms with E-state index in [2.05, 4.69) is 10.4 Å². The van der Waals surface area contributed by atoms with E-state index in [0.717, 1.165) is 11.3 Å². The summed E-state index contributed by atoms with van der Waals surface area (Å²) < 4.78 is 1.76. The summed E-state index contributed by atoms with van der Waals surface area (Å²) in [5.74, 6) is 0.157. The number of hydrogen-bond donors (Lipinski definition) is 3. The van der Waals surface area contributed by atoms with Crippen LogP contribution in [0.25, 0.3) is 0 Å². The first-order valence-electron chi connectivity index (χ1n) is 5.80. The zero-order valence-corrected chi connectivity index (χ0v) is 10.5. The third-order valence-corrected chi connectivity index (χ3v) is 2.85. The summed E-state index contributed by atoms with van der Waals surface area (Å²) >= 11 is 0. The van der Waals surface area contributed by atoms with Crippen molar-refractivity contribution in [1.29, 1.82) is 0 Å². The summed E-state index contributed by atoms with van der Waals surface area (Å²) in [4.78, 5) is 0. The second-order valence-corrected chi connectivity index (χ2v) is 4.33. The number of rotatable bonds is 4. The van der Waals surface area contributed by atoms with E-state index in [0.29, 0.717) is 6.54 Å². The maximum Gasteiger partial charge on any atom is 0.123 e. The van der Waals surface area contributed by atoms with Crippen LogP contribution >= 0.6 is 0 Å². The molecule has 1 aromatic carbocycles. The van der Waals surface area contributed by atoms with E-state index >= 15 is 0 Å². The zero-order valence-electron chi connectivity index (χ0n) is 10.5. The van der Waals surface area contributed by atoms with E-state index in [4.69, 9.17) is 0 Å². The van der Waals surface area contributed by atoms with E-state index < -0.39 is 0 Å². The van der Waals surface area contributed by atoms with Crippen LogP contribution < -0.4 is 5.32 Å². The van der Waals surface area contributed by atoms with Crippen molar-refractivity contribution in [3.8, 4) is 11.5 Å². The minimum Gasteiger partial charge on any atom is -0.508 e. The lowest BCUT2D eigenvalue weighted by molar-refractivity contribution is 0.441. The fraction of sp³-hybridized carbons (Fsp3) is 0.308. The molecule has 0 saturated heterocycles. The first-order chi connectivity index (χ1) is 8.56. The zero-order chi connectivity index (χ0) is 13.1. The first-order valence-corrected chi connectivity index (χ1v) is 5.80. The van der Waals surface area contributed by atoms with Crippen molar-refractivity contribution in [1.82, 2.24) is 15.1 Å². The fourth-order valence-corrected chi connectivity index (χ4v) is 1.73. The van der Waals surface area contributed by atoms with Crippen LogP contribution in [0.4, 0.5) is 0 Å². The molecule has 1 unspecified atom stereocenters. The monoisotopic (exact) mass is 247 g/mol. The lowest BCUT2D eigenvalue weighted by Crippen LogP contribution is -2.18. The molecule has 5 heteroatoms. The molecule has 96 valence electrons. The molecule has 0 bridgehead atoms. The van der Waals surface area contributed by atoms with Crippen LogP contribution in [-0.2, 0) is 13.6 Å². The van der Waals surface area contributed by atoms with E-state index in [1.807, 2.05) is 26.2 Å². The molecule has 2 rings (SSSR count). The minimum atomic E-state index is 0.0639. The molecule has 1 atom stereocenters. The van der Waals surface area contributed by atoms with Gasteiger partial charge < -0.3 is 15.5 Å². The van der Waals surface area contributed by atoms with Crippen molar-refractivity contribution in [2.45, 2.75) is 19.5 Å². The number of aryl methyl sites for hydroxylation is 1. The average Bonchev–Trinajstić information content (AvgIpc) is 2.74. The number of nitrogens with zero attached hydrogens (tertiary/aromatic N) is 2. The summed E-state index contributed by atoms with van der Waals surface area (Å²) in [7, 11) is 1.88. The van der Waals surface area contributed by atoms with Gasteiger partial charge in [0.1, 0.15) is 11.5 Å². The predicted octanol–water partition coefficient (Wildman–Crippen LogP) is 1.68. The van der Waals surface area contributed by atoms with Gasteiger partial charge in [-0.05, 0) is 19.1 Å². The summed E-state index contributed by atoms with van der Waals surface area (Å²) in [5, 5.41) is 26.4. The number of phenols is 2. The number of benzene rings is 1. The summed E-state index contributed by atoms with van der Waals surface area (Å²) in [6.45, 7) is 2.53. The van der Waals surface area contributed by atoms with Crippen LogP contribution in [0.15, 0.2) is 30.5 Å². The Kier molecular flexibility index (Phi) is 3.53. The molecule has 0 amide bonds. The Hall–Kier alpha value is -2.01. The number of phenolic OH excluding ortho intramolecular Hbond substituents is 2. The topological polar surface area (TPSA) is 70.3 Å². The van der Waals surface area contributed by atoms with Crippen molar-refractivity contribution in [2.24, 2.45) is 7.05 Å². The van der Waals surface area contributed by atoms with E-state index in [1.165, 1.54) is 6.07 Å². The Morgan fingerprint density at radius 2 is 2.11 bits per heavy atom. The number of nitrogens with one attached hydrogen (secondary N) is 1. The summed E-state index contributed by atoms with van der Waals surface area (Å²) in [6, 6.07) is 6.64. The molecule has 0 radical (unpaired) electrons. The molecule has 0 saturated carbocycles. The molecule has 1 heterocycles. The van der Waals surface area contributed by atoms with E-state index in [-0.39, 0.29) is 17.5 Å². The average molecular weight is 247 g/mol. The van der Waals surface area contributed by atoms with Gasteiger partial charge >= 0.3 is 0 Å². The van der Waals surface area contributed by atoms with Gasteiger partial charge in [0.15, 0.2) is 0 Å². The van der Waals surface area contributed by atoms with Crippen molar-refractivity contribution in [3.05, 3.63) is 41.7 Å². The standard InChI is InChI=1S/C13H17N3O2/c1-9(12-5-6-16(2)15-12)14-8-10-3-4-11(17)7-13(10)18/h3-7,9,14,17-18H,8H2,1-2H3. The van der Waals surface area contributed by atoms with Crippen LogP contribution in [0.1, 0.15) is 24.2 Å². The van der Waals surface area contributed by atoms with Crippen molar-refractivity contribution < 1.29 is 10.2 Å². The maximum absolute atomic E-state index is 9.66. The Morgan fingerprint density at radius 1 is 1.33 bits per heavy atom. The normalized spacial score (nSPS) is 12.6. The Bertz CT molecular complexity index is 537. The molecule has 3 N–H and O–H groups in total. The highest BCUT2D eigenvalue weighted by atomic mass is 16.3. The highest BCUT2D eigenvalue weighted by Gasteiger charge is 2.09. The Balaban J connectivity index is 1.99. The molecule has 0 aliphatic heterocycles. The van der Waals surface area contributed by atoms with Crippen LogP contribution in [0.2, 0.25) is 0 Å². The SMILES string of the molecule is CC(NCc1ccc(O)cc1O)c1ccn(C)n1. The van der Waals surface area contributed by atoms with Gasteiger partial charge in [-0.15, -0.1) is 0 Å². The molecule has 0 spiro atoms. The molecule has 2 aromatic rings. The second-order valence-electron chi connectivity index (χ2n) is 4.33. The Morgan fingerprint density at radius 3 is 2.72 bits per heavy atom.